The van der Waals surface area contributed by atoms with Crippen LogP contribution in [-0.2, 0) is 22.6 Å². The standard InChI is InChI=1S/C30H35N3O5/c1-6-37-30(35)32-26(16-23-10-8-7-9-11-23)29(34)33-31-18-24-12-13-27(28(17-24)36-5)38-19-25-21(3)14-20(2)15-22(25)4/h7-15,17-18,26H,6,16,19H2,1-5H3,(H,32,35)(H,33,34)/b31-18-/t26-/m1/s1. The summed E-state index contributed by atoms with van der Waals surface area (Å²) >= 11 is 0. The zero-order valence-corrected chi connectivity index (χ0v) is 22.5. The molecule has 0 saturated carbocycles. The van der Waals surface area contributed by atoms with Crippen LogP contribution >= 0.6 is 0 Å². The summed E-state index contributed by atoms with van der Waals surface area (Å²) in [6, 6.07) is 18.2. The highest BCUT2D eigenvalue weighted by molar-refractivity contribution is 5.87. The number of methoxy groups -OCH3 is 1. The van der Waals surface area contributed by atoms with Gasteiger partial charge in [0.1, 0.15) is 12.6 Å². The van der Waals surface area contributed by atoms with E-state index < -0.39 is 18.0 Å². The second-order valence-electron chi connectivity index (χ2n) is 8.92. The third-order valence-corrected chi connectivity index (χ3v) is 5.96. The van der Waals surface area contributed by atoms with Crippen LogP contribution in [-0.4, -0.2) is 38.0 Å². The zero-order chi connectivity index (χ0) is 27.5. The fraction of sp³-hybridized carbons (Fsp3) is 0.300. The van der Waals surface area contributed by atoms with Crippen LogP contribution in [0.3, 0.4) is 0 Å². The number of hydrogen-bond donors (Lipinski definition) is 2. The third-order valence-electron chi connectivity index (χ3n) is 5.96. The fourth-order valence-electron chi connectivity index (χ4n) is 4.09. The molecule has 0 radical (unpaired) electrons. The molecule has 0 heterocycles. The Balaban J connectivity index is 1.66. The van der Waals surface area contributed by atoms with Crippen molar-refractivity contribution in [3.8, 4) is 11.5 Å². The van der Waals surface area contributed by atoms with Gasteiger partial charge in [-0.2, -0.15) is 5.10 Å². The van der Waals surface area contributed by atoms with Gasteiger partial charge in [-0.05, 0) is 73.7 Å². The van der Waals surface area contributed by atoms with E-state index >= 15 is 0 Å². The molecule has 0 aliphatic rings. The summed E-state index contributed by atoms with van der Waals surface area (Å²) in [5.74, 6) is 0.692. The number of nitrogens with zero attached hydrogens (tertiary/aromatic N) is 1. The number of carbonyl (C=O) groups excluding carboxylic acids is 2. The summed E-state index contributed by atoms with van der Waals surface area (Å²) in [6.45, 7) is 8.57. The van der Waals surface area contributed by atoms with Gasteiger partial charge >= 0.3 is 6.09 Å². The van der Waals surface area contributed by atoms with E-state index in [0.717, 1.165) is 11.1 Å². The van der Waals surface area contributed by atoms with Crippen LogP contribution in [0, 0.1) is 20.8 Å². The number of ether oxygens (including phenoxy) is 3. The van der Waals surface area contributed by atoms with Gasteiger partial charge in [-0.3, -0.25) is 4.79 Å². The molecule has 0 aromatic heterocycles. The molecule has 38 heavy (non-hydrogen) atoms. The largest absolute Gasteiger partial charge is 0.493 e. The quantitative estimate of drug-likeness (QED) is 0.275. The molecule has 1 atom stereocenters. The lowest BCUT2D eigenvalue weighted by Gasteiger charge is -2.17. The van der Waals surface area contributed by atoms with Crippen molar-refractivity contribution in [3.05, 3.63) is 94.0 Å². The average molecular weight is 518 g/mol. The van der Waals surface area contributed by atoms with Crippen molar-refractivity contribution >= 4 is 18.2 Å². The smallest absolute Gasteiger partial charge is 0.407 e. The number of hydrazone groups is 1. The van der Waals surface area contributed by atoms with Crippen LogP contribution in [0.15, 0.2) is 65.8 Å². The molecule has 0 unspecified atom stereocenters. The van der Waals surface area contributed by atoms with Crippen molar-refractivity contribution in [2.45, 2.75) is 46.8 Å². The molecule has 8 heteroatoms. The second kappa shape index (κ2) is 13.8. The van der Waals surface area contributed by atoms with Crippen molar-refractivity contribution in [1.82, 2.24) is 10.7 Å². The molecular weight excluding hydrogens is 482 g/mol. The molecule has 0 aliphatic heterocycles. The minimum absolute atomic E-state index is 0.204. The topological polar surface area (TPSA) is 98.2 Å². The van der Waals surface area contributed by atoms with Crippen molar-refractivity contribution < 1.29 is 23.8 Å². The summed E-state index contributed by atoms with van der Waals surface area (Å²) < 4.78 is 16.5. The molecular formula is C30H35N3O5. The highest BCUT2D eigenvalue weighted by Gasteiger charge is 2.21. The Morgan fingerprint density at radius 1 is 0.974 bits per heavy atom. The minimum Gasteiger partial charge on any atom is -0.493 e. The molecule has 2 N–H and O–H groups in total. The summed E-state index contributed by atoms with van der Waals surface area (Å²) in [5, 5.41) is 6.67. The van der Waals surface area contributed by atoms with E-state index in [-0.39, 0.29) is 6.61 Å². The Labute approximate surface area is 224 Å². The van der Waals surface area contributed by atoms with Gasteiger partial charge in [0.15, 0.2) is 11.5 Å². The van der Waals surface area contributed by atoms with Gasteiger partial charge < -0.3 is 19.5 Å². The molecule has 0 saturated heterocycles. The molecule has 3 rings (SSSR count). The molecule has 200 valence electrons. The lowest BCUT2D eigenvalue weighted by atomic mass is 10.0. The first kappa shape index (κ1) is 28.2. The number of carbonyl (C=O) groups is 2. The van der Waals surface area contributed by atoms with Gasteiger partial charge in [0.05, 0.1) is 19.9 Å². The molecule has 3 aromatic carbocycles. The Morgan fingerprint density at radius 3 is 2.34 bits per heavy atom. The first-order valence-electron chi connectivity index (χ1n) is 12.5. The van der Waals surface area contributed by atoms with Gasteiger partial charge in [0.2, 0.25) is 0 Å². The zero-order valence-electron chi connectivity index (χ0n) is 22.5. The van der Waals surface area contributed by atoms with Gasteiger partial charge in [-0.25, -0.2) is 10.2 Å². The molecule has 8 nitrogen and oxygen atoms in total. The highest BCUT2D eigenvalue weighted by Crippen LogP contribution is 2.29. The van der Waals surface area contributed by atoms with Gasteiger partial charge in [-0.15, -0.1) is 0 Å². The van der Waals surface area contributed by atoms with E-state index in [0.29, 0.717) is 30.1 Å². The molecule has 0 spiro atoms. The van der Waals surface area contributed by atoms with Crippen molar-refractivity contribution in [3.63, 3.8) is 0 Å². The normalized spacial score (nSPS) is 11.6. The summed E-state index contributed by atoms with van der Waals surface area (Å²) in [5.41, 5.74) is 8.84. The van der Waals surface area contributed by atoms with Gasteiger partial charge in [0, 0.05) is 6.42 Å². The van der Waals surface area contributed by atoms with Crippen LogP contribution in [0.2, 0.25) is 0 Å². The predicted octanol–water partition coefficient (Wildman–Crippen LogP) is 5.01. The summed E-state index contributed by atoms with van der Waals surface area (Å²) in [7, 11) is 1.57. The Hall–Kier alpha value is -4.33. The maximum atomic E-state index is 12.8. The number of aryl methyl sites for hydroxylation is 3. The Bertz CT molecular complexity index is 1250. The summed E-state index contributed by atoms with van der Waals surface area (Å²) in [4.78, 5) is 24.8. The number of alkyl carbamates (subject to hydrolysis) is 1. The lowest BCUT2D eigenvalue weighted by Crippen LogP contribution is -2.47. The number of amides is 2. The van der Waals surface area contributed by atoms with Crippen molar-refractivity contribution in [2.75, 3.05) is 13.7 Å². The van der Waals surface area contributed by atoms with E-state index in [4.69, 9.17) is 14.2 Å². The Morgan fingerprint density at radius 2 is 1.68 bits per heavy atom. The van der Waals surface area contributed by atoms with Gasteiger partial charge in [-0.1, -0.05) is 48.0 Å². The fourth-order valence-corrected chi connectivity index (χ4v) is 4.09. The molecule has 3 aromatic rings. The number of rotatable bonds is 11. The SMILES string of the molecule is CCOC(=O)N[C@H](Cc1ccccc1)C(=O)N/N=C\c1ccc(OCc2c(C)cc(C)cc2C)c(OC)c1. The molecule has 0 bridgehead atoms. The van der Waals surface area contributed by atoms with Crippen LogP contribution in [0.1, 0.15) is 40.3 Å². The molecule has 0 aliphatic carbocycles. The van der Waals surface area contributed by atoms with Crippen LogP contribution in [0.25, 0.3) is 0 Å². The van der Waals surface area contributed by atoms with Gasteiger partial charge in [0.25, 0.3) is 5.91 Å². The highest BCUT2D eigenvalue weighted by atomic mass is 16.5. The van der Waals surface area contributed by atoms with Crippen LogP contribution in [0.4, 0.5) is 4.79 Å². The van der Waals surface area contributed by atoms with E-state index in [1.807, 2.05) is 36.4 Å². The molecule has 0 fully saturated rings. The third kappa shape index (κ3) is 8.09. The predicted molar refractivity (Wildman–Crippen MR) is 148 cm³/mol. The number of hydrogen-bond acceptors (Lipinski definition) is 6. The number of benzene rings is 3. The second-order valence-corrected chi connectivity index (χ2v) is 8.92. The van der Waals surface area contributed by atoms with Crippen LogP contribution < -0.4 is 20.2 Å². The molecule has 2 amide bonds. The lowest BCUT2D eigenvalue weighted by molar-refractivity contribution is -0.123. The van der Waals surface area contributed by atoms with E-state index in [1.54, 1.807) is 26.2 Å². The van der Waals surface area contributed by atoms with E-state index in [1.165, 1.54) is 22.9 Å². The minimum atomic E-state index is -0.854. The average Bonchev–Trinajstić information content (AvgIpc) is 2.88. The first-order chi connectivity index (χ1) is 18.3. The Kier molecular flexibility index (Phi) is 10.3. The van der Waals surface area contributed by atoms with Crippen molar-refractivity contribution in [1.29, 1.82) is 0 Å². The van der Waals surface area contributed by atoms with Crippen molar-refractivity contribution in [2.24, 2.45) is 5.10 Å². The van der Waals surface area contributed by atoms with Crippen LogP contribution in [0.5, 0.6) is 11.5 Å². The first-order valence-corrected chi connectivity index (χ1v) is 12.5. The van der Waals surface area contributed by atoms with E-state index in [2.05, 4.69) is 48.7 Å². The number of nitrogens with one attached hydrogen (secondary N) is 2. The summed E-state index contributed by atoms with van der Waals surface area (Å²) in [6.07, 6.45) is 1.13. The maximum Gasteiger partial charge on any atom is 0.407 e. The van der Waals surface area contributed by atoms with E-state index in [9.17, 15) is 9.59 Å². The maximum absolute atomic E-state index is 12.8. The monoisotopic (exact) mass is 517 g/mol.